The summed E-state index contributed by atoms with van der Waals surface area (Å²) in [6.07, 6.45) is 0. The Balaban J connectivity index is 2.65. The molecule has 0 atom stereocenters. The van der Waals surface area contributed by atoms with Gasteiger partial charge in [-0.1, -0.05) is 0 Å². The largest absolute Gasteiger partial charge is 0.463 e. The van der Waals surface area contributed by atoms with Gasteiger partial charge >= 0.3 is 5.97 Å². The minimum Gasteiger partial charge on any atom is -0.463 e. The fourth-order valence-electron chi connectivity index (χ4n) is 1.52. The van der Waals surface area contributed by atoms with E-state index in [0.717, 1.165) is 32.0 Å². The molecule has 0 amide bonds. The van der Waals surface area contributed by atoms with E-state index >= 15 is 0 Å². The lowest BCUT2D eigenvalue weighted by Gasteiger charge is -2.30. The van der Waals surface area contributed by atoms with Crippen LogP contribution in [0.15, 0.2) is 11.3 Å². The number of esters is 1. The molecule has 4 nitrogen and oxygen atoms in total. The summed E-state index contributed by atoms with van der Waals surface area (Å²) in [5.74, 6) is -0.221. The van der Waals surface area contributed by atoms with Gasteiger partial charge in [0.05, 0.1) is 25.4 Å². The monoisotopic (exact) mass is 213 g/mol. The molecule has 1 aliphatic rings. The number of morpholine rings is 1. The molecule has 1 aliphatic heterocycles. The maximum atomic E-state index is 11.5. The summed E-state index contributed by atoms with van der Waals surface area (Å²) < 4.78 is 10.2. The van der Waals surface area contributed by atoms with Crippen molar-refractivity contribution in [2.24, 2.45) is 0 Å². The predicted molar refractivity (Wildman–Crippen MR) is 57.4 cm³/mol. The summed E-state index contributed by atoms with van der Waals surface area (Å²) >= 11 is 0. The third kappa shape index (κ3) is 3.23. The number of hydrogen-bond donors (Lipinski definition) is 0. The lowest BCUT2D eigenvalue weighted by molar-refractivity contribution is -0.138. The molecular formula is C11H19NO3. The zero-order valence-electron chi connectivity index (χ0n) is 9.71. The Morgan fingerprint density at radius 3 is 2.47 bits per heavy atom. The highest BCUT2D eigenvalue weighted by Gasteiger charge is 2.16. The molecule has 0 aromatic rings. The molecule has 0 spiro atoms. The summed E-state index contributed by atoms with van der Waals surface area (Å²) in [4.78, 5) is 13.7. The summed E-state index contributed by atoms with van der Waals surface area (Å²) in [7, 11) is 0. The first-order valence-corrected chi connectivity index (χ1v) is 5.34. The van der Waals surface area contributed by atoms with E-state index in [2.05, 4.69) is 4.90 Å². The molecule has 0 aliphatic carbocycles. The molecule has 0 radical (unpaired) electrons. The van der Waals surface area contributed by atoms with Crippen LogP contribution in [0.25, 0.3) is 0 Å². The minimum absolute atomic E-state index is 0.221. The summed E-state index contributed by atoms with van der Waals surface area (Å²) in [5, 5.41) is 0. The fourth-order valence-corrected chi connectivity index (χ4v) is 1.52. The zero-order valence-corrected chi connectivity index (χ0v) is 9.71. The highest BCUT2D eigenvalue weighted by atomic mass is 16.5. The molecule has 0 bridgehead atoms. The molecule has 0 N–H and O–H groups in total. The third-order valence-electron chi connectivity index (χ3n) is 2.61. The van der Waals surface area contributed by atoms with Crippen LogP contribution >= 0.6 is 0 Å². The Bertz CT molecular complexity index is 255. The lowest BCUT2D eigenvalue weighted by atomic mass is 10.2. The third-order valence-corrected chi connectivity index (χ3v) is 2.61. The number of nitrogens with zero attached hydrogens (tertiary/aromatic N) is 1. The Kier molecular flexibility index (Phi) is 4.62. The summed E-state index contributed by atoms with van der Waals surface area (Å²) in [6.45, 7) is 9.16. The topological polar surface area (TPSA) is 38.8 Å². The first kappa shape index (κ1) is 12.0. The zero-order chi connectivity index (χ0) is 11.3. The fraction of sp³-hybridized carbons (Fsp3) is 0.727. The number of carbonyl (C=O) groups is 1. The van der Waals surface area contributed by atoms with Gasteiger partial charge in [-0.25, -0.2) is 4.79 Å². The van der Waals surface area contributed by atoms with Crippen molar-refractivity contribution in [2.75, 3.05) is 32.9 Å². The molecule has 1 heterocycles. The summed E-state index contributed by atoms with van der Waals surface area (Å²) in [6, 6.07) is 0. The van der Waals surface area contributed by atoms with Crippen LogP contribution in [-0.2, 0) is 14.3 Å². The lowest BCUT2D eigenvalue weighted by Crippen LogP contribution is -2.35. The normalized spacial score (nSPS) is 18.5. The van der Waals surface area contributed by atoms with Crippen LogP contribution in [0.4, 0.5) is 0 Å². The molecule has 0 saturated carbocycles. The van der Waals surface area contributed by atoms with E-state index in [1.54, 1.807) is 0 Å². The number of rotatable bonds is 3. The smallest absolute Gasteiger partial charge is 0.335 e. The van der Waals surface area contributed by atoms with Crippen LogP contribution in [0.1, 0.15) is 20.8 Å². The van der Waals surface area contributed by atoms with E-state index < -0.39 is 0 Å². The Labute approximate surface area is 90.8 Å². The Hall–Kier alpha value is -1.03. The second kappa shape index (κ2) is 5.75. The van der Waals surface area contributed by atoms with Gasteiger partial charge in [0.2, 0.25) is 0 Å². The molecule has 15 heavy (non-hydrogen) atoms. The van der Waals surface area contributed by atoms with Gasteiger partial charge in [0.25, 0.3) is 0 Å². The quantitative estimate of drug-likeness (QED) is 0.521. The van der Waals surface area contributed by atoms with E-state index in [1.807, 2.05) is 20.8 Å². The molecular weight excluding hydrogens is 194 g/mol. The van der Waals surface area contributed by atoms with Gasteiger partial charge in [-0.05, 0) is 20.8 Å². The van der Waals surface area contributed by atoms with Crippen LogP contribution < -0.4 is 0 Å². The van der Waals surface area contributed by atoms with Crippen molar-refractivity contribution in [3.05, 3.63) is 11.3 Å². The van der Waals surface area contributed by atoms with Crippen molar-refractivity contribution in [3.8, 4) is 0 Å². The minimum atomic E-state index is -0.221. The average molecular weight is 213 g/mol. The van der Waals surface area contributed by atoms with Crippen LogP contribution in [0, 0.1) is 0 Å². The molecule has 4 heteroatoms. The molecule has 1 rings (SSSR count). The van der Waals surface area contributed by atoms with E-state index in [1.165, 1.54) is 0 Å². The van der Waals surface area contributed by atoms with Crippen molar-refractivity contribution in [1.82, 2.24) is 4.90 Å². The predicted octanol–water partition coefficient (Wildman–Crippen LogP) is 1.18. The molecule has 0 aromatic carbocycles. The molecule has 1 saturated heterocycles. The van der Waals surface area contributed by atoms with Gasteiger partial charge in [-0.2, -0.15) is 0 Å². The highest BCUT2D eigenvalue weighted by Crippen LogP contribution is 2.12. The van der Waals surface area contributed by atoms with Gasteiger partial charge in [-0.3, -0.25) is 0 Å². The van der Waals surface area contributed by atoms with E-state index in [4.69, 9.17) is 9.47 Å². The molecule has 0 aromatic heterocycles. The van der Waals surface area contributed by atoms with Crippen molar-refractivity contribution < 1.29 is 14.3 Å². The average Bonchev–Trinajstić information content (AvgIpc) is 2.28. The second-order valence-electron chi connectivity index (χ2n) is 3.53. The molecule has 86 valence electrons. The van der Waals surface area contributed by atoms with Gasteiger partial charge in [-0.15, -0.1) is 0 Å². The van der Waals surface area contributed by atoms with Crippen LogP contribution in [0.3, 0.4) is 0 Å². The van der Waals surface area contributed by atoms with Gasteiger partial charge in [0.1, 0.15) is 0 Å². The maximum Gasteiger partial charge on any atom is 0.335 e. The van der Waals surface area contributed by atoms with Crippen LogP contribution in [0.5, 0.6) is 0 Å². The first-order chi connectivity index (χ1) is 7.16. The standard InChI is InChI=1S/C11H19NO3/c1-4-15-11(13)9(2)10(3)12-5-7-14-8-6-12/h4-8H2,1-3H3/b10-9-. The van der Waals surface area contributed by atoms with Crippen LogP contribution in [-0.4, -0.2) is 43.8 Å². The first-order valence-electron chi connectivity index (χ1n) is 5.34. The van der Waals surface area contributed by atoms with Crippen molar-refractivity contribution in [1.29, 1.82) is 0 Å². The Morgan fingerprint density at radius 2 is 1.93 bits per heavy atom. The van der Waals surface area contributed by atoms with Crippen molar-refractivity contribution >= 4 is 5.97 Å². The second-order valence-corrected chi connectivity index (χ2v) is 3.53. The molecule has 1 fully saturated rings. The number of ether oxygens (including phenoxy) is 2. The SMILES string of the molecule is CCOC(=O)/C(C)=C(/C)N1CCOCC1. The molecule has 0 unspecified atom stereocenters. The van der Waals surface area contributed by atoms with Gasteiger partial charge < -0.3 is 14.4 Å². The maximum absolute atomic E-state index is 11.5. The van der Waals surface area contributed by atoms with E-state index in [0.29, 0.717) is 12.2 Å². The summed E-state index contributed by atoms with van der Waals surface area (Å²) in [5.41, 5.74) is 1.69. The van der Waals surface area contributed by atoms with Crippen molar-refractivity contribution in [3.63, 3.8) is 0 Å². The van der Waals surface area contributed by atoms with Gasteiger partial charge in [0, 0.05) is 18.8 Å². The van der Waals surface area contributed by atoms with Crippen molar-refractivity contribution in [2.45, 2.75) is 20.8 Å². The van der Waals surface area contributed by atoms with E-state index in [-0.39, 0.29) is 5.97 Å². The Morgan fingerprint density at radius 1 is 1.33 bits per heavy atom. The number of carbonyl (C=O) groups excluding carboxylic acids is 1. The van der Waals surface area contributed by atoms with Crippen LogP contribution in [0.2, 0.25) is 0 Å². The van der Waals surface area contributed by atoms with E-state index in [9.17, 15) is 4.79 Å². The number of hydrogen-bond acceptors (Lipinski definition) is 4. The number of allylic oxidation sites excluding steroid dienone is 1. The van der Waals surface area contributed by atoms with Gasteiger partial charge in [0.15, 0.2) is 0 Å². The highest BCUT2D eigenvalue weighted by molar-refractivity contribution is 5.88.